The molecule has 0 aliphatic carbocycles. The van der Waals surface area contributed by atoms with Gasteiger partial charge in [-0.2, -0.15) is 0 Å². The predicted octanol–water partition coefficient (Wildman–Crippen LogP) is -0.144. The Morgan fingerprint density at radius 3 is 2.53 bits per heavy atom. The number of rotatable bonds is 4. The molecule has 2 fully saturated rings. The highest BCUT2D eigenvalue weighted by Crippen LogP contribution is 2.33. The lowest BCUT2D eigenvalue weighted by molar-refractivity contribution is -0.203. The molecule has 3 heterocycles. The molecule has 10 heteroatoms. The van der Waals surface area contributed by atoms with Gasteiger partial charge < -0.3 is 24.8 Å². The molecule has 0 spiro atoms. The van der Waals surface area contributed by atoms with Gasteiger partial charge in [0.25, 0.3) is 0 Å². The minimum atomic E-state index is -1.37. The van der Waals surface area contributed by atoms with Crippen LogP contribution in [0.5, 0.6) is 0 Å². The Morgan fingerprint density at radius 2 is 1.87 bits per heavy atom. The molecule has 2 bridgehead atoms. The molecule has 4 N–H and O–H groups in total. The number of nitrogens with zero attached hydrogens (tertiary/aromatic N) is 1. The fraction of sp³-hybridized carbons (Fsp3) is 0.900. The Hall–Kier alpha value is -0.0400. The highest BCUT2D eigenvalue weighted by atomic mass is 32.2. The van der Waals surface area contributed by atoms with E-state index in [4.69, 9.17) is 9.47 Å². The third-order valence-corrected chi connectivity index (χ3v) is 8.66. The normalized spacial score (nSPS) is 41.2. The predicted molar refractivity (Wildman–Crippen MR) is 118 cm³/mol. The van der Waals surface area contributed by atoms with E-state index in [0.29, 0.717) is 6.42 Å². The number of morpholine rings is 1. The average Bonchev–Trinajstić information content (AvgIpc) is 2.70. The van der Waals surface area contributed by atoms with Gasteiger partial charge in [-0.15, -0.1) is 11.8 Å². The number of aliphatic hydroxyl groups excluding tert-OH is 3. The van der Waals surface area contributed by atoms with E-state index in [2.05, 4.69) is 21.8 Å². The monoisotopic (exact) mass is 464 g/mol. The van der Waals surface area contributed by atoms with Crippen molar-refractivity contribution >= 4 is 22.7 Å². The van der Waals surface area contributed by atoms with Gasteiger partial charge in [-0.1, -0.05) is 12.2 Å². The molecule has 174 valence electrons. The Kier molecular flexibility index (Phi) is 8.79. The largest absolute Gasteiger partial charge is 0.388 e. The molecule has 3 unspecified atom stereocenters. The van der Waals surface area contributed by atoms with Crippen LogP contribution in [0.4, 0.5) is 0 Å². The standard InChI is InChI=1S/C20H36N2O6S2/c1-20(2,3)30(26)21-14-6-4-5-13(11-22-7-9-27-10-8-22)12-29-19-17(25)15(23)16(24)18(14)28-19/h4-5,13-19,21,23-25H,6-12H2,1-3H3/b5-4+/t13?,14-,15?,16+,17-,18-,19?,30-/m1/s1. The highest BCUT2D eigenvalue weighted by Gasteiger charge is 2.47. The SMILES string of the molecule is CC(C)(C)[S@@](=O)N[C@@H]1C/C=C/C(CN2CCOCC2)CSC2O[C@H]1[C@@H](O)C(O)[C@H]2O. The van der Waals surface area contributed by atoms with Crippen LogP contribution in [-0.4, -0.2) is 104 Å². The van der Waals surface area contributed by atoms with Gasteiger partial charge in [-0.3, -0.25) is 4.90 Å². The number of ether oxygens (including phenoxy) is 2. The van der Waals surface area contributed by atoms with Crippen molar-refractivity contribution in [1.82, 2.24) is 9.62 Å². The third-order valence-electron chi connectivity index (χ3n) is 5.69. The smallest absolute Gasteiger partial charge is 0.132 e. The Balaban J connectivity index is 1.78. The lowest BCUT2D eigenvalue weighted by atomic mass is 9.93. The fourth-order valence-electron chi connectivity index (χ4n) is 3.83. The topological polar surface area (TPSA) is 111 Å². The van der Waals surface area contributed by atoms with Gasteiger partial charge in [0.1, 0.15) is 29.9 Å². The number of aliphatic hydroxyl groups is 3. The number of fused-ring (bicyclic) bond motifs is 2. The van der Waals surface area contributed by atoms with E-state index >= 15 is 0 Å². The van der Waals surface area contributed by atoms with Crippen LogP contribution in [-0.2, 0) is 20.5 Å². The minimum Gasteiger partial charge on any atom is -0.388 e. The minimum absolute atomic E-state index is 0.248. The summed E-state index contributed by atoms with van der Waals surface area (Å²) in [6.45, 7) is 9.80. The van der Waals surface area contributed by atoms with E-state index in [1.54, 1.807) is 0 Å². The summed E-state index contributed by atoms with van der Waals surface area (Å²) in [5, 5.41) is 31.5. The van der Waals surface area contributed by atoms with E-state index in [9.17, 15) is 19.5 Å². The van der Waals surface area contributed by atoms with Crippen LogP contribution in [0, 0.1) is 5.92 Å². The maximum Gasteiger partial charge on any atom is 0.132 e. The zero-order valence-electron chi connectivity index (χ0n) is 18.0. The van der Waals surface area contributed by atoms with Crippen LogP contribution < -0.4 is 4.72 Å². The first-order chi connectivity index (χ1) is 14.2. The molecule has 8 nitrogen and oxygen atoms in total. The van der Waals surface area contributed by atoms with Gasteiger partial charge in [0.15, 0.2) is 0 Å². The molecule has 0 aromatic carbocycles. The maximum atomic E-state index is 12.7. The summed E-state index contributed by atoms with van der Waals surface area (Å²) in [5.74, 6) is 0.982. The van der Waals surface area contributed by atoms with Crippen molar-refractivity contribution in [3.8, 4) is 0 Å². The second kappa shape index (κ2) is 10.7. The van der Waals surface area contributed by atoms with Crippen LogP contribution in [0.15, 0.2) is 12.2 Å². The second-order valence-electron chi connectivity index (χ2n) is 9.22. The molecule has 3 rings (SSSR count). The van der Waals surface area contributed by atoms with Gasteiger partial charge in [-0.25, -0.2) is 8.93 Å². The van der Waals surface area contributed by atoms with Gasteiger partial charge >= 0.3 is 0 Å². The Morgan fingerprint density at radius 1 is 1.17 bits per heavy atom. The van der Waals surface area contributed by atoms with Crippen LogP contribution in [0.2, 0.25) is 0 Å². The summed E-state index contributed by atoms with van der Waals surface area (Å²) in [6, 6.07) is -0.455. The lowest BCUT2D eigenvalue weighted by Gasteiger charge is -2.44. The molecule has 0 amide bonds. The number of hydrogen-bond acceptors (Lipinski definition) is 8. The zero-order chi connectivity index (χ0) is 21.9. The van der Waals surface area contributed by atoms with E-state index in [0.717, 1.165) is 38.6 Å². The fourth-order valence-corrected chi connectivity index (χ4v) is 5.91. The van der Waals surface area contributed by atoms with Crippen molar-refractivity contribution < 1.29 is 29.0 Å². The van der Waals surface area contributed by atoms with Crippen LogP contribution in [0.1, 0.15) is 27.2 Å². The van der Waals surface area contributed by atoms with Gasteiger partial charge in [0, 0.05) is 25.4 Å². The van der Waals surface area contributed by atoms with Crippen LogP contribution in [0.25, 0.3) is 0 Å². The van der Waals surface area contributed by atoms with Crippen molar-refractivity contribution in [2.24, 2.45) is 5.92 Å². The Bertz CT molecular complexity index is 611. The number of nitrogens with one attached hydrogen (secondary N) is 1. The zero-order valence-corrected chi connectivity index (χ0v) is 19.6. The summed E-state index contributed by atoms with van der Waals surface area (Å²) < 4.78 is 26.8. The number of thioether (sulfide) groups is 1. The maximum absolute atomic E-state index is 12.7. The van der Waals surface area contributed by atoms with Crippen molar-refractivity contribution in [2.75, 3.05) is 38.6 Å². The van der Waals surface area contributed by atoms with Crippen molar-refractivity contribution in [2.45, 2.75) is 67.8 Å². The molecule has 0 saturated carbocycles. The van der Waals surface area contributed by atoms with E-state index in [1.807, 2.05) is 20.8 Å². The van der Waals surface area contributed by atoms with Crippen LogP contribution >= 0.6 is 11.8 Å². The van der Waals surface area contributed by atoms with Crippen molar-refractivity contribution in [3.63, 3.8) is 0 Å². The average molecular weight is 465 g/mol. The Labute approximate surface area is 186 Å². The van der Waals surface area contributed by atoms with Crippen molar-refractivity contribution in [3.05, 3.63) is 12.2 Å². The quantitative estimate of drug-likeness (QED) is 0.426. The first-order valence-electron chi connectivity index (χ1n) is 10.6. The van der Waals surface area contributed by atoms with Gasteiger partial charge in [-0.05, 0) is 33.1 Å². The summed E-state index contributed by atoms with van der Waals surface area (Å²) in [4.78, 5) is 2.37. The molecule has 0 aromatic rings. The van der Waals surface area contributed by atoms with Gasteiger partial charge in [0.2, 0.25) is 0 Å². The molecule has 0 radical (unpaired) electrons. The summed E-state index contributed by atoms with van der Waals surface area (Å²) >= 11 is 1.46. The molecule has 3 aliphatic rings. The summed E-state index contributed by atoms with van der Waals surface area (Å²) in [6.07, 6.45) is 0.210. The number of hydrogen-bond donors (Lipinski definition) is 4. The first kappa shape index (κ1) is 24.6. The molecular formula is C20H36N2O6S2. The summed E-state index contributed by atoms with van der Waals surface area (Å²) in [7, 11) is -1.37. The van der Waals surface area contributed by atoms with Crippen molar-refractivity contribution in [1.29, 1.82) is 0 Å². The lowest BCUT2D eigenvalue weighted by Crippen LogP contribution is -2.62. The highest BCUT2D eigenvalue weighted by molar-refractivity contribution is 7.99. The van der Waals surface area contributed by atoms with E-state index in [1.165, 1.54) is 11.8 Å². The van der Waals surface area contributed by atoms with E-state index in [-0.39, 0.29) is 5.92 Å². The molecular weight excluding hydrogens is 428 g/mol. The van der Waals surface area contributed by atoms with Crippen LogP contribution in [0.3, 0.4) is 0 Å². The summed E-state index contributed by atoms with van der Waals surface area (Å²) in [5.41, 5.74) is -0.653. The molecule has 2 saturated heterocycles. The third kappa shape index (κ3) is 6.26. The first-order valence-corrected chi connectivity index (χ1v) is 12.8. The molecule has 30 heavy (non-hydrogen) atoms. The van der Waals surface area contributed by atoms with Gasteiger partial charge in [0.05, 0.1) is 35.0 Å². The molecule has 8 atom stereocenters. The second-order valence-corrected chi connectivity index (χ2v) is 12.3. The molecule has 0 aromatic heterocycles. The molecule has 3 aliphatic heterocycles. The van der Waals surface area contributed by atoms with E-state index < -0.39 is 51.6 Å².